The van der Waals surface area contributed by atoms with Crippen LogP contribution in [0.2, 0.25) is 10.0 Å². The summed E-state index contributed by atoms with van der Waals surface area (Å²) in [5.41, 5.74) is 0.438. The summed E-state index contributed by atoms with van der Waals surface area (Å²) in [6, 6.07) is 4.62. The Morgan fingerprint density at radius 2 is 2.05 bits per heavy atom. The fraction of sp³-hybridized carbons (Fsp3) is 0.273. The highest BCUT2D eigenvalue weighted by atomic mass is 35.5. The number of nitrogens with one attached hydrogen (secondary N) is 1. The summed E-state index contributed by atoms with van der Waals surface area (Å²) in [4.78, 5) is 12.2. The largest absolute Gasteiger partial charge is 0.405 e. The zero-order chi connectivity index (χ0) is 16.3. The molecule has 1 aromatic heterocycles. The van der Waals surface area contributed by atoms with Gasteiger partial charge < -0.3 is 5.32 Å². The van der Waals surface area contributed by atoms with E-state index in [1.54, 1.807) is 17.4 Å². The number of hydrogen-bond donors (Lipinski definition) is 1. The Bertz CT molecular complexity index is 689. The lowest BCUT2D eigenvalue weighted by molar-refractivity contribution is -0.139. The van der Waals surface area contributed by atoms with Crippen LogP contribution in [0, 0.1) is 0 Å². The molecule has 0 bridgehead atoms. The molecule has 118 valence electrons. The summed E-state index contributed by atoms with van der Waals surface area (Å²) < 4.78 is 35.9. The molecular formula is C11H8Cl2F3N5O. The van der Waals surface area contributed by atoms with Crippen LogP contribution in [0.1, 0.15) is 0 Å². The van der Waals surface area contributed by atoms with Gasteiger partial charge in [-0.3, -0.25) is 4.79 Å². The zero-order valence-corrected chi connectivity index (χ0v) is 12.2. The lowest BCUT2D eigenvalue weighted by Gasteiger charge is -2.07. The number of rotatable bonds is 4. The maximum Gasteiger partial charge on any atom is 0.405 e. The molecule has 1 heterocycles. The molecule has 11 heteroatoms. The molecule has 0 spiro atoms. The molecule has 6 nitrogen and oxygen atoms in total. The third kappa shape index (κ3) is 4.57. The van der Waals surface area contributed by atoms with E-state index in [4.69, 9.17) is 23.2 Å². The molecule has 0 saturated carbocycles. The van der Waals surface area contributed by atoms with E-state index in [0.717, 1.165) is 4.80 Å². The molecule has 0 fully saturated rings. The van der Waals surface area contributed by atoms with E-state index in [1.807, 2.05) is 0 Å². The van der Waals surface area contributed by atoms with Crippen LogP contribution in [0.25, 0.3) is 11.4 Å². The standard InChI is InChI=1S/C11H8Cl2F3N5O/c12-6-1-2-7(8(13)3-6)10-18-20-21(19-10)4-9(22)17-5-11(14,15)16/h1-3H,4-5H2,(H,17,22). The summed E-state index contributed by atoms with van der Waals surface area (Å²) in [7, 11) is 0. The average Bonchev–Trinajstić information content (AvgIpc) is 2.84. The molecule has 0 aliphatic rings. The zero-order valence-electron chi connectivity index (χ0n) is 10.7. The molecule has 22 heavy (non-hydrogen) atoms. The highest BCUT2D eigenvalue weighted by Gasteiger charge is 2.27. The van der Waals surface area contributed by atoms with E-state index in [2.05, 4.69) is 15.4 Å². The number of benzene rings is 1. The minimum Gasteiger partial charge on any atom is -0.345 e. The van der Waals surface area contributed by atoms with Crippen LogP contribution in [0.5, 0.6) is 0 Å². The lowest BCUT2D eigenvalue weighted by Crippen LogP contribution is -2.36. The topological polar surface area (TPSA) is 72.7 Å². The number of hydrogen-bond acceptors (Lipinski definition) is 4. The average molecular weight is 354 g/mol. The Morgan fingerprint density at radius 3 is 2.68 bits per heavy atom. The predicted molar refractivity (Wildman–Crippen MR) is 72.3 cm³/mol. The van der Waals surface area contributed by atoms with Gasteiger partial charge in [-0.2, -0.15) is 18.0 Å². The third-order valence-electron chi connectivity index (χ3n) is 2.40. The van der Waals surface area contributed by atoms with Gasteiger partial charge in [0.25, 0.3) is 0 Å². The van der Waals surface area contributed by atoms with Gasteiger partial charge in [-0.05, 0) is 23.4 Å². The first-order valence-electron chi connectivity index (χ1n) is 5.81. The Morgan fingerprint density at radius 1 is 1.32 bits per heavy atom. The predicted octanol–water partition coefficient (Wildman–Crippen LogP) is 2.33. The summed E-state index contributed by atoms with van der Waals surface area (Å²) in [5.74, 6) is -0.756. The summed E-state index contributed by atoms with van der Waals surface area (Å²) in [5, 5.41) is 13.6. The van der Waals surface area contributed by atoms with Gasteiger partial charge in [0, 0.05) is 10.6 Å². The van der Waals surface area contributed by atoms with Crippen molar-refractivity contribution in [1.82, 2.24) is 25.5 Å². The summed E-state index contributed by atoms with van der Waals surface area (Å²) >= 11 is 11.7. The summed E-state index contributed by atoms with van der Waals surface area (Å²) in [6.07, 6.45) is -4.48. The van der Waals surface area contributed by atoms with Crippen LogP contribution >= 0.6 is 23.2 Å². The molecule has 2 aromatic rings. The second-order valence-electron chi connectivity index (χ2n) is 4.16. The Kier molecular flexibility index (Phi) is 4.87. The van der Waals surface area contributed by atoms with E-state index in [-0.39, 0.29) is 10.8 Å². The monoisotopic (exact) mass is 353 g/mol. The van der Waals surface area contributed by atoms with Crippen molar-refractivity contribution < 1.29 is 18.0 Å². The first kappa shape index (κ1) is 16.5. The van der Waals surface area contributed by atoms with Crippen LogP contribution in [0.4, 0.5) is 13.2 Å². The van der Waals surface area contributed by atoms with E-state index < -0.39 is 25.2 Å². The number of nitrogens with zero attached hydrogens (tertiary/aromatic N) is 4. The Balaban J connectivity index is 2.04. The lowest BCUT2D eigenvalue weighted by atomic mass is 10.2. The number of carbonyl (C=O) groups excluding carboxylic acids is 1. The summed E-state index contributed by atoms with van der Waals surface area (Å²) in [6.45, 7) is -1.91. The van der Waals surface area contributed by atoms with Crippen LogP contribution < -0.4 is 5.32 Å². The highest BCUT2D eigenvalue weighted by molar-refractivity contribution is 6.36. The molecule has 1 amide bonds. The van der Waals surface area contributed by atoms with E-state index in [1.165, 1.54) is 6.07 Å². The van der Waals surface area contributed by atoms with Crippen LogP contribution in [-0.2, 0) is 11.3 Å². The van der Waals surface area contributed by atoms with Crippen molar-refractivity contribution in [2.75, 3.05) is 6.54 Å². The van der Waals surface area contributed by atoms with Gasteiger partial charge in [0.05, 0.1) is 5.02 Å². The molecule has 0 aliphatic carbocycles. The molecule has 0 aliphatic heterocycles. The molecule has 0 unspecified atom stereocenters. The van der Waals surface area contributed by atoms with Crippen LogP contribution in [0.15, 0.2) is 18.2 Å². The Hall–Kier alpha value is -1.87. The van der Waals surface area contributed by atoms with Gasteiger partial charge in [-0.15, -0.1) is 10.2 Å². The number of amides is 1. The van der Waals surface area contributed by atoms with E-state index >= 15 is 0 Å². The van der Waals surface area contributed by atoms with Gasteiger partial charge in [-0.1, -0.05) is 23.2 Å². The van der Waals surface area contributed by atoms with E-state index in [9.17, 15) is 18.0 Å². The van der Waals surface area contributed by atoms with Crippen molar-refractivity contribution in [3.8, 4) is 11.4 Å². The molecule has 0 atom stereocenters. The molecular weight excluding hydrogens is 346 g/mol. The van der Waals surface area contributed by atoms with Gasteiger partial charge in [-0.25, -0.2) is 0 Å². The van der Waals surface area contributed by atoms with E-state index in [0.29, 0.717) is 10.6 Å². The normalized spacial score (nSPS) is 11.5. The first-order chi connectivity index (χ1) is 10.2. The van der Waals surface area contributed by atoms with Crippen molar-refractivity contribution in [3.63, 3.8) is 0 Å². The van der Waals surface area contributed by atoms with Crippen molar-refractivity contribution in [3.05, 3.63) is 28.2 Å². The van der Waals surface area contributed by atoms with Gasteiger partial charge in [0.15, 0.2) is 0 Å². The second-order valence-corrected chi connectivity index (χ2v) is 5.00. The maximum atomic E-state index is 12.0. The first-order valence-corrected chi connectivity index (χ1v) is 6.57. The minimum absolute atomic E-state index is 0.130. The number of carbonyl (C=O) groups is 1. The molecule has 0 saturated heterocycles. The number of tetrazole rings is 1. The third-order valence-corrected chi connectivity index (χ3v) is 2.94. The number of aromatic nitrogens is 4. The highest BCUT2D eigenvalue weighted by Crippen LogP contribution is 2.27. The molecule has 1 aromatic carbocycles. The van der Waals surface area contributed by atoms with Crippen LogP contribution in [0.3, 0.4) is 0 Å². The van der Waals surface area contributed by atoms with Crippen molar-refractivity contribution in [2.24, 2.45) is 0 Å². The van der Waals surface area contributed by atoms with Gasteiger partial charge in [0.2, 0.25) is 11.7 Å². The fourth-order valence-corrected chi connectivity index (χ4v) is 1.97. The Labute approximate surface area is 132 Å². The molecule has 1 N–H and O–H groups in total. The fourth-order valence-electron chi connectivity index (χ4n) is 1.47. The van der Waals surface area contributed by atoms with Gasteiger partial charge in [0.1, 0.15) is 13.1 Å². The maximum absolute atomic E-state index is 12.0. The smallest absolute Gasteiger partial charge is 0.345 e. The van der Waals surface area contributed by atoms with Crippen molar-refractivity contribution in [1.29, 1.82) is 0 Å². The minimum atomic E-state index is -4.48. The van der Waals surface area contributed by atoms with Crippen molar-refractivity contribution >= 4 is 29.1 Å². The van der Waals surface area contributed by atoms with Gasteiger partial charge >= 0.3 is 6.18 Å². The number of halogens is 5. The number of alkyl halides is 3. The van der Waals surface area contributed by atoms with Crippen LogP contribution in [-0.4, -0.2) is 38.8 Å². The molecule has 2 rings (SSSR count). The second kappa shape index (κ2) is 6.49. The molecule has 0 radical (unpaired) electrons. The quantitative estimate of drug-likeness (QED) is 0.915. The SMILES string of the molecule is O=C(Cn1nnc(-c2ccc(Cl)cc2Cl)n1)NCC(F)(F)F. The van der Waals surface area contributed by atoms with Crippen molar-refractivity contribution in [2.45, 2.75) is 12.7 Å².